The quantitative estimate of drug-likeness (QED) is 0.637. The van der Waals surface area contributed by atoms with E-state index < -0.39 is 6.29 Å². The van der Waals surface area contributed by atoms with Crippen LogP contribution in [0.4, 0.5) is 5.69 Å². The van der Waals surface area contributed by atoms with Crippen LogP contribution in [-0.2, 0) is 9.47 Å². The van der Waals surface area contributed by atoms with E-state index in [1.807, 2.05) is 23.6 Å². The predicted octanol–water partition coefficient (Wildman–Crippen LogP) is 3.37. The number of nitro benzene ring substituents is 1. The molecule has 1 aromatic heterocycles. The molecule has 0 bridgehead atoms. The van der Waals surface area contributed by atoms with Gasteiger partial charge in [-0.05, 0) is 17.5 Å². The second kappa shape index (κ2) is 5.08. The van der Waals surface area contributed by atoms with Gasteiger partial charge in [-0.15, -0.1) is 11.3 Å². The van der Waals surface area contributed by atoms with Crippen LogP contribution in [0.15, 0.2) is 35.7 Å². The Morgan fingerprint density at radius 2 is 2.05 bits per heavy atom. The van der Waals surface area contributed by atoms with Crippen molar-refractivity contribution in [3.8, 4) is 10.4 Å². The zero-order valence-electron chi connectivity index (χ0n) is 9.94. The molecular formula is C13H11NO4S. The highest BCUT2D eigenvalue weighted by molar-refractivity contribution is 7.13. The normalized spacial score (nSPS) is 15.8. The number of ether oxygens (including phenoxy) is 2. The molecular weight excluding hydrogens is 266 g/mol. The van der Waals surface area contributed by atoms with Crippen LogP contribution in [0.2, 0.25) is 0 Å². The monoisotopic (exact) mass is 277 g/mol. The van der Waals surface area contributed by atoms with Gasteiger partial charge in [0.25, 0.3) is 5.69 Å². The smallest absolute Gasteiger partial charge is 0.278 e. The molecule has 0 N–H and O–H groups in total. The van der Waals surface area contributed by atoms with E-state index in [4.69, 9.17) is 9.47 Å². The van der Waals surface area contributed by atoms with Crippen LogP contribution in [0, 0.1) is 10.1 Å². The van der Waals surface area contributed by atoms with Crippen LogP contribution in [0.3, 0.4) is 0 Å². The van der Waals surface area contributed by atoms with E-state index in [0.717, 1.165) is 4.88 Å². The van der Waals surface area contributed by atoms with Crippen LogP contribution >= 0.6 is 11.3 Å². The van der Waals surface area contributed by atoms with Crippen molar-refractivity contribution >= 4 is 17.0 Å². The lowest BCUT2D eigenvalue weighted by molar-refractivity contribution is -0.384. The van der Waals surface area contributed by atoms with E-state index in [-0.39, 0.29) is 10.6 Å². The summed E-state index contributed by atoms with van der Waals surface area (Å²) in [6, 6.07) is 8.85. The van der Waals surface area contributed by atoms with Gasteiger partial charge in [-0.3, -0.25) is 10.1 Å². The summed E-state index contributed by atoms with van der Waals surface area (Å²) >= 11 is 1.48. The maximum absolute atomic E-state index is 11.2. The first-order chi connectivity index (χ1) is 9.25. The molecule has 1 saturated heterocycles. The molecule has 1 aromatic carbocycles. The number of hydrogen-bond donors (Lipinski definition) is 0. The molecule has 1 aliphatic heterocycles. The summed E-state index contributed by atoms with van der Waals surface area (Å²) in [6.45, 7) is 1.04. The molecule has 2 heterocycles. The van der Waals surface area contributed by atoms with Crippen molar-refractivity contribution in [2.75, 3.05) is 13.2 Å². The van der Waals surface area contributed by atoms with Crippen LogP contribution < -0.4 is 0 Å². The fourth-order valence-electron chi connectivity index (χ4n) is 2.04. The number of benzene rings is 1. The lowest BCUT2D eigenvalue weighted by Crippen LogP contribution is -2.00. The van der Waals surface area contributed by atoms with Crippen molar-refractivity contribution in [2.24, 2.45) is 0 Å². The lowest BCUT2D eigenvalue weighted by Gasteiger charge is -2.10. The molecule has 0 spiro atoms. The molecule has 0 aliphatic carbocycles. The highest BCUT2D eigenvalue weighted by Gasteiger charge is 2.23. The van der Waals surface area contributed by atoms with Crippen molar-refractivity contribution < 1.29 is 14.4 Å². The zero-order chi connectivity index (χ0) is 13.2. The molecule has 0 atom stereocenters. The highest BCUT2D eigenvalue weighted by atomic mass is 32.1. The first-order valence-electron chi connectivity index (χ1n) is 5.81. The summed E-state index contributed by atoms with van der Waals surface area (Å²) in [4.78, 5) is 11.7. The second-order valence-corrected chi connectivity index (χ2v) is 5.03. The Morgan fingerprint density at radius 3 is 2.68 bits per heavy atom. The van der Waals surface area contributed by atoms with Gasteiger partial charge in [-0.2, -0.15) is 0 Å². The standard InChI is InChI=1S/C13H11NO4S/c15-14(16)11-8-9(13-17-5-6-18-13)3-4-10(11)12-2-1-7-19-12/h1-4,7-8,13H,5-6H2. The SMILES string of the molecule is O=[N+]([O-])c1cc(C2OCCO2)ccc1-c1cccs1. The van der Waals surface area contributed by atoms with Gasteiger partial charge in [0.15, 0.2) is 6.29 Å². The molecule has 2 aromatic rings. The molecule has 3 rings (SSSR count). The van der Waals surface area contributed by atoms with Crippen molar-refractivity contribution in [1.29, 1.82) is 0 Å². The number of hydrogen-bond acceptors (Lipinski definition) is 5. The van der Waals surface area contributed by atoms with E-state index in [9.17, 15) is 10.1 Å². The van der Waals surface area contributed by atoms with Gasteiger partial charge < -0.3 is 9.47 Å². The van der Waals surface area contributed by atoms with Gasteiger partial charge in [0.05, 0.1) is 23.7 Å². The highest BCUT2D eigenvalue weighted by Crippen LogP contribution is 2.36. The minimum Gasteiger partial charge on any atom is -0.346 e. The Labute approximate surface area is 113 Å². The Hall–Kier alpha value is -1.76. The fourth-order valence-corrected chi connectivity index (χ4v) is 2.80. The maximum atomic E-state index is 11.2. The van der Waals surface area contributed by atoms with Crippen molar-refractivity contribution in [3.63, 3.8) is 0 Å². The number of nitro groups is 1. The van der Waals surface area contributed by atoms with Gasteiger partial charge in [0.2, 0.25) is 0 Å². The summed E-state index contributed by atoms with van der Waals surface area (Å²) in [5.41, 5.74) is 1.39. The predicted molar refractivity (Wildman–Crippen MR) is 71.1 cm³/mol. The Kier molecular flexibility index (Phi) is 3.29. The molecule has 1 fully saturated rings. The minimum atomic E-state index is -0.490. The van der Waals surface area contributed by atoms with Gasteiger partial charge in [-0.1, -0.05) is 12.1 Å². The molecule has 19 heavy (non-hydrogen) atoms. The molecule has 5 nitrogen and oxygen atoms in total. The molecule has 0 unspecified atom stereocenters. The Bertz CT molecular complexity index is 591. The average Bonchev–Trinajstić information content (AvgIpc) is 3.11. The summed E-state index contributed by atoms with van der Waals surface area (Å²) in [7, 11) is 0. The largest absolute Gasteiger partial charge is 0.346 e. The van der Waals surface area contributed by atoms with Crippen LogP contribution in [0.5, 0.6) is 0 Å². The average molecular weight is 277 g/mol. The number of nitrogens with zero attached hydrogens (tertiary/aromatic N) is 1. The van der Waals surface area contributed by atoms with Crippen molar-refractivity contribution in [1.82, 2.24) is 0 Å². The van der Waals surface area contributed by atoms with Crippen LogP contribution in [0.25, 0.3) is 10.4 Å². The molecule has 0 amide bonds. The molecule has 6 heteroatoms. The third-order valence-corrected chi connectivity index (χ3v) is 3.80. The third kappa shape index (κ3) is 2.37. The summed E-state index contributed by atoms with van der Waals surface area (Å²) in [5.74, 6) is 0. The molecule has 0 saturated carbocycles. The summed E-state index contributed by atoms with van der Waals surface area (Å²) < 4.78 is 10.7. The lowest BCUT2D eigenvalue weighted by atomic mass is 10.1. The second-order valence-electron chi connectivity index (χ2n) is 4.08. The van der Waals surface area contributed by atoms with Crippen molar-refractivity contribution in [3.05, 3.63) is 51.4 Å². The minimum absolute atomic E-state index is 0.0825. The topological polar surface area (TPSA) is 61.6 Å². The van der Waals surface area contributed by atoms with Gasteiger partial charge in [0.1, 0.15) is 0 Å². The van der Waals surface area contributed by atoms with E-state index in [1.54, 1.807) is 6.07 Å². The van der Waals surface area contributed by atoms with E-state index in [1.165, 1.54) is 17.4 Å². The van der Waals surface area contributed by atoms with Gasteiger partial charge >= 0.3 is 0 Å². The molecule has 0 radical (unpaired) electrons. The van der Waals surface area contributed by atoms with Gasteiger partial charge in [0, 0.05) is 16.5 Å². The van der Waals surface area contributed by atoms with Crippen molar-refractivity contribution in [2.45, 2.75) is 6.29 Å². The number of thiophene rings is 1. The van der Waals surface area contributed by atoms with E-state index >= 15 is 0 Å². The molecule has 1 aliphatic rings. The van der Waals surface area contributed by atoms with Crippen LogP contribution in [-0.4, -0.2) is 18.1 Å². The van der Waals surface area contributed by atoms with E-state index in [0.29, 0.717) is 24.3 Å². The first kappa shape index (κ1) is 12.3. The maximum Gasteiger partial charge on any atom is 0.278 e. The van der Waals surface area contributed by atoms with Gasteiger partial charge in [-0.25, -0.2) is 0 Å². The Morgan fingerprint density at radius 1 is 1.26 bits per heavy atom. The summed E-state index contributed by atoms with van der Waals surface area (Å²) in [6.07, 6.45) is -0.490. The fraction of sp³-hybridized carbons (Fsp3) is 0.231. The Balaban J connectivity index is 2.04. The number of rotatable bonds is 3. The zero-order valence-corrected chi connectivity index (χ0v) is 10.8. The first-order valence-corrected chi connectivity index (χ1v) is 6.69. The van der Waals surface area contributed by atoms with Crippen LogP contribution in [0.1, 0.15) is 11.9 Å². The summed E-state index contributed by atoms with van der Waals surface area (Å²) in [5, 5.41) is 13.1. The third-order valence-electron chi connectivity index (χ3n) is 2.90. The molecule has 98 valence electrons. The van der Waals surface area contributed by atoms with E-state index in [2.05, 4.69) is 0 Å².